The van der Waals surface area contributed by atoms with Crippen molar-refractivity contribution in [2.45, 2.75) is 20.3 Å². The maximum atomic E-state index is 10.9. The Morgan fingerprint density at radius 2 is 2.54 bits per heavy atom. The van der Waals surface area contributed by atoms with Gasteiger partial charge in [-0.15, -0.1) is 11.3 Å². The summed E-state index contributed by atoms with van der Waals surface area (Å²) >= 11 is 1.50. The third-order valence-electron chi connectivity index (χ3n) is 1.41. The van der Waals surface area contributed by atoms with Gasteiger partial charge in [-0.1, -0.05) is 6.92 Å². The molecule has 0 saturated carbocycles. The van der Waals surface area contributed by atoms with E-state index in [1.165, 1.54) is 11.3 Å². The number of amides is 1. The van der Waals surface area contributed by atoms with Gasteiger partial charge in [0.25, 0.3) is 0 Å². The first-order valence-corrected chi connectivity index (χ1v) is 4.85. The SMILES string of the molecule is CCC(=O)N/N=C(/C)c1nccs1. The van der Waals surface area contributed by atoms with Crippen LogP contribution in [0.1, 0.15) is 25.3 Å². The van der Waals surface area contributed by atoms with E-state index >= 15 is 0 Å². The van der Waals surface area contributed by atoms with E-state index in [1.54, 1.807) is 13.1 Å². The van der Waals surface area contributed by atoms with Gasteiger partial charge >= 0.3 is 0 Å². The van der Waals surface area contributed by atoms with Crippen molar-refractivity contribution in [3.05, 3.63) is 16.6 Å². The van der Waals surface area contributed by atoms with Crippen molar-refractivity contribution in [2.75, 3.05) is 0 Å². The smallest absolute Gasteiger partial charge is 0.239 e. The van der Waals surface area contributed by atoms with E-state index < -0.39 is 0 Å². The van der Waals surface area contributed by atoms with Crippen molar-refractivity contribution in [2.24, 2.45) is 5.10 Å². The minimum absolute atomic E-state index is 0.0871. The zero-order valence-electron chi connectivity index (χ0n) is 7.57. The minimum Gasteiger partial charge on any atom is -0.273 e. The lowest BCUT2D eigenvalue weighted by Crippen LogP contribution is -2.17. The van der Waals surface area contributed by atoms with Gasteiger partial charge in [-0.05, 0) is 6.92 Å². The fraction of sp³-hybridized carbons (Fsp3) is 0.375. The molecule has 1 rings (SSSR count). The molecule has 5 heteroatoms. The van der Waals surface area contributed by atoms with Crippen molar-refractivity contribution < 1.29 is 4.79 Å². The Morgan fingerprint density at radius 3 is 3.08 bits per heavy atom. The van der Waals surface area contributed by atoms with Gasteiger partial charge < -0.3 is 0 Å². The van der Waals surface area contributed by atoms with Crippen molar-refractivity contribution in [1.82, 2.24) is 10.4 Å². The average molecular weight is 197 g/mol. The van der Waals surface area contributed by atoms with E-state index in [1.807, 2.05) is 12.3 Å². The molecule has 1 amide bonds. The second-order valence-electron chi connectivity index (χ2n) is 2.42. The van der Waals surface area contributed by atoms with E-state index in [2.05, 4.69) is 15.5 Å². The lowest BCUT2D eigenvalue weighted by molar-refractivity contribution is -0.120. The number of nitrogens with one attached hydrogen (secondary N) is 1. The lowest BCUT2D eigenvalue weighted by atomic mass is 10.4. The summed E-state index contributed by atoms with van der Waals surface area (Å²) < 4.78 is 0. The molecule has 1 N–H and O–H groups in total. The van der Waals surface area contributed by atoms with Gasteiger partial charge in [-0.2, -0.15) is 5.10 Å². The third-order valence-corrected chi connectivity index (χ3v) is 2.29. The number of hydrogen-bond acceptors (Lipinski definition) is 4. The summed E-state index contributed by atoms with van der Waals surface area (Å²) in [4.78, 5) is 14.9. The van der Waals surface area contributed by atoms with Crippen LogP contribution in [0.4, 0.5) is 0 Å². The van der Waals surface area contributed by atoms with Gasteiger partial charge in [0.15, 0.2) is 0 Å². The molecular formula is C8H11N3OS. The van der Waals surface area contributed by atoms with Gasteiger partial charge in [0.05, 0.1) is 5.71 Å². The highest BCUT2D eigenvalue weighted by atomic mass is 32.1. The molecular weight excluding hydrogens is 186 g/mol. The Bertz CT molecular complexity index is 305. The van der Waals surface area contributed by atoms with Crippen LogP contribution in [0.3, 0.4) is 0 Å². The largest absolute Gasteiger partial charge is 0.273 e. The lowest BCUT2D eigenvalue weighted by Gasteiger charge is -1.96. The molecule has 0 unspecified atom stereocenters. The Hall–Kier alpha value is -1.23. The third kappa shape index (κ3) is 2.95. The standard InChI is InChI=1S/C8H11N3OS/c1-3-7(12)11-10-6(2)8-9-4-5-13-8/h4-5H,3H2,1-2H3,(H,11,12)/b10-6-. The molecule has 0 aliphatic rings. The van der Waals surface area contributed by atoms with Crippen LogP contribution in [0.2, 0.25) is 0 Å². The summed E-state index contributed by atoms with van der Waals surface area (Å²) in [7, 11) is 0. The summed E-state index contributed by atoms with van der Waals surface area (Å²) in [5.41, 5.74) is 3.17. The molecule has 0 bridgehead atoms. The van der Waals surface area contributed by atoms with Crippen LogP contribution >= 0.6 is 11.3 Å². The van der Waals surface area contributed by atoms with Crippen LogP contribution in [0.15, 0.2) is 16.7 Å². The monoisotopic (exact) mass is 197 g/mol. The quantitative estimate of drug-likeness (QED) is 0.588. The molecule has 4 nitrogen and oxygen atoms in total. The van der Waals surface area contributed by atoms with Crippen LogP contribution < -0.4 is 5.43 Å². The molecule has 0 aromatic carbocycles. The predicted octanol–water partition coefficient (Wildman–Crippen LogP) is 1.39. The van der Waals surface area contributed by atoms with Gasteiger partial charge in [0, 0.05) is 18.0 Å². The van der Waals surface area contributed by atoms with Gasteiger partial charge in [0.2, 0.25) is 5.91 Å². The van der Waals surface area contributed by atoms with Crippen molar-refractivity contribution in [3.8, 4) is 0 Å². The zero-order chi connectivity index (χ0) is 9.68. The molecule has 0 fully saturated rings. The summed E-state index contributed by atoms with van der Waals surface area (Å²) in [5.74, 6) is -0.0871. The topological polar surface area (TPSA) is 54.4 Å². The number of rotatable bonds is 3. The van der Waals surface area contributed by atoms with Crippen molar-refractivity contribution in [3.63, 3.8) is 0 Å². The summed E-state index contributed by atoms with van der Waals surface area (Å²) in [5, 5.41) is 6.60. The maximum absolute atomic E-state index is 10.9. The molecule has 0 radical (unpaired) electrons. The molecule has 0 saturated heterocycles. The highest BCUT2D eigenvalue weighted by Crippen LogP contribution is 2.04. The number of hydrogen-bond donors (Lipinski definition) is 1. The van der Waals surface area contributed by atoms with Crippen LogP contribution in [-0.2, 0) is 4.79 Å². The highest BCUT2D eigenvalue weighted by Gasteiger charge is 2.00. The zero-order valence-corrected chi connectivity index (χ0v) is 8.39. The number of hydrazone groups is 1. The molecule has 0 spiro atoms. The number of nitrogens with zero attached hydrogens (tertiary/aromatic N) is 2. The number of thiazole rings is 1. The van der Waals surface area contributed by atoms with Crippen molar-refractivity contribution in [1.29, 1.82) is 0 Å². The summed E-state index contributed by atoms with van der Waals surface area (Å²) in [6.45, 7) is 3.60. The van der Waals surface area contributed by atoms with Gasteiger partial charge in [0.1, 0.15) is 5.01 Å². The second kappa shape index (κ2) is 4.71. The highest BCUT2D eigenvalue weighted by molar-refractivity contribution is 7.11. The predicted molar refractivity (Wildman–Crippen MR) is 52.8 cm³/mol. The molecule has 1 aromatic heterocycles. The van der Waals surface area contributed by atoms with Gasteiger partial charge in [-0.3, -0.25) is 4.79 Å². The van der Waals surface area contributed by atoms with E-state index in [0.717, 1.165) is 10.7 Å². The Kier molecular flexibility index (Phi) is 3.57. The first kappa shape index (κ1) is 9.85. The Balaban J connectivity index is 2.57. The fourth-order valence-electron chi connectivity index (χ4n) is 0.675. The maximum Gasteiger partial charge on any atom is 0.239 e. The number of carbonyl (C=O) groups is 1. The Morgan fingerprint density at radius 1 is 1.77 bits per heavy atom. The fourth-order valence-corrected chi connectivity index (χ4v) is 1.26. The molecule has 13 heavy (non-hydrogen) atoms. The molecule has 1 aromatic rings. The summed E-state index contributed by atoms with van der Waals surface area (Å²) in [6.07, 6.45) is 2.15. The van der Waals surface area contributed by atoms with E-state index in [4.69, 9.17) is 0 Å². The van der Waals surface area contributed by atoms with E-state index in [-0.39, 0.29) is 5.91 Å². The second-order valence-corrected chi connectivity index (χ2v) is 3.32. The molecule has 0 aliphatic heterocycles. The van der Waals surface area contributed by atoms with Crippen molar-refractivity contribution >= 4 is 23.0 Å². The normalized spacial score (nSPS) is 11.4. The minimum atomic E-state index is -0.0871. The van der Waals surface area contributed by atoms with E-state index in [0.29, 0.717) is 6.42 Å². The number of aromatic nitrogens is 1. The molecule has 0 atom stereocenters. The van der Waals surface area contributed by atoms with Gasteiger partial charge in [-0.25, -0.2) is 10.4 Å². The van der Waals surface area contributed by atoms with E-state index in [9.17, 15) is 4.79 Å². The molecule has 1 heterocycles. The first-order valence-electron chi connectivity index (χ1n) is 3.97. The number of carbonyl (C=O) groups excluding carboxylic acids is 1. The average Bonchev–Trinajstić information content (AvgIpc) is 2.66. The van der Waals surface area contributed by atoms with Crippen LogP contribution in [0.25, 0.3) is 0 Å². The molecule has 0 aliphatic carbocycles. The Labute approximate surface area is 80.7 Å². The van der Waals surface area contributed by atoms with Crippen LogP contribution in [-0.4, -0.2) is 16.6 Å². The van der Waals surface area contributed by atoms with Crippen LogP contribution in [0, 0.1) is 0 Å². The summed E-state index contributed by atoms with van der Waals surface area (Å²) in [6, 6.07) is 0. The first-order chi connectivity index (χ1) is 6.24. The van der Waals surface area contributed by atoms with Crippen LogP contribution in [0.5, 0.6) is 0 Å². The molecule has 70 valence electrons.